The van der Waals surface area contributed by atoms with Crippen molar-refractivity contribution in [1.29, 1.82) is 0 Å². The van der Waals surface area contributed by atoms with E-state index < -0.39 is 0 Å². The van der Waals surface area contributed by atoms with Crippen molar-refractivity contribution < 1.29 is 4.74 Å². The lowest BCUT2D eigenvalue weighted by Crippen LogP contribution is -2.07. The number of fused-ring (bicyclic) bond motifs is 1. The van der Waals surface area contributed by atoms with Crippen molar-refractivity contribution >= 4 is 27.0 Å². The Morgan fingerprint density at radius 2 is 2.21 bits per heavy atom. The van der Waals surface area contributed by atoms with E-state index in [1.807, 2.05) is 35.9 Å². The van der Waals surface area contributed by atoms with Crippen LogP contribution in [0.4, 0.5) is 0 Å². The topological polar surface area (TPSA) is 78.8 Å². The Morgan fingerprint density at radius 1 is 1.38 bits per heavy atom. The van der Waals surface area contributed by atoms with E-state index in [0.29, 0.717) is 11.6 Å². The molecule has 1 aromatic carbocycles. The van der Waals surface area contributed by atoms with E-state index in [-0.39, 0.29) is 6.04 Å². The highest BCUT2D eigenvalue weighted by Crippen LogP contribution is 2.37. The van der Waals surface area contributed by atoms with Crippen LogP contribution in [-0.4, -0.2) is 20.0 Å². The standard InChI is InChI=1S/C17H18BrN5O/c1-10(19)12-3-2-8-20-17(12)24-14-7-6-13-16(15(14)18)21-22-23(13)9-11-4-5-11/h2-3,6-8,10-11H,4-5,9,19H2,1H3. The molecule has 2 heterocycles. The van der Waals surface area contributed by atoms with Crippen LogP contribution >= 0.6 is 15.9 Å². The maximum Gasteiger partial charge on any atom is 0.224 e. The first-order valence-corrected chi connectivity index (χ1v) is 8.83. The third kappa shape index (κ3) is 2.89. The van der Waals surface area contributed by atoms with Crippen LogP contribution in [0, 0.1) is 5.92 Å². The highest BCUT2D eigenvalue weighted by molar-refractivity contribution is 9.10. The fourth-order valence-electron chi connectivity index (χ4n) is 2.68. The van der Waals surface area contributed by atoms with Crippen molar-refractivity contribution in [2.24, 2.45) is 11.7 Å². The maximum absolute atomic E-state index is 6.00. The summed E-state index contributed by atoms with van der Waals surface area (Å²) < 4.78 is 8.75. The van der Waals surface area contributed by atoms with Gasteiger partial charge in [0.05, 0.1) is 9.99 Å². The van der Waals surface area contributed by atoms with Gasteiger partial charge < -0.3 is 10.5 Å². The summed E-state index contributed by atoms with van der Waals surface area (Å²) in [6, 6.07) is 7.53. The predicted molar refractivity (Wildman–Crippen MR) is 94.9 cm³/mol. The van der Waals surface area contributed by atoms with Crippen LogP contribution < -0.4 is 10.5 Å². The zero-order valence-electron chi connectivity index (χ0n) is 13.3. The number of halogens is 1. The Hall–Kier alpha value is -1.99. The second kappa shape index (κ2) is 6.14. The molecule has 2 aromatic heterocycles. The molecule has 0 amide bonds. The van der Waals surface area contributed by atoms with Crippen LogP contribution in [-0.2, 0) is 6.54 Å². The van der Waals surface area contributed by atoms with Crippen molar-refractivity contribution in [1.82, 2.24) is 20.0 Å². The third-order valence-electron chi connectivity index (χ3n) is 4.22. The number of hydrogen-bond acceptors (Lipinski definition) is 5. The van der Waals surface area contributed by atoms with Crippen LogP contribution in [0.2, 0.25) is 0 Å². The molecule has 2 N–H and O–H groups in total. The molecule has 4 rings (SSSR count). The fourth-order valence-corrected chi connectivity index (χ4v) is 3.18. The lowest BCUT2D eigenvalue weighted by Gasteiger charge is -2.13. The van der Waals surface area contributed by atoms with E-state index in [4.69, 9.17) is 10.5 Å². The molecule has 0 spiro atoms. The van der Waals surface area contributed by atoms with Gasteiger partial charge in [-0.3, -0.25) is 0 Å². The molecule has 1 unspecified atom stereocenters. The molecular formula is C17H18BrN5O. The molecule has 124 valence electrons. The van der Waals surface area contributed by atoms with E-state index in [1.165, 1.54) is 12.8 Å². The van der Waals surface area contributed by atoms with Crippen LogP contribution in [0.1, 0.15) is 31.4 Å². The van der Waals surface area contributed by atoms with Crippen LogP contribution in [0.3, 0.4) is 0 Å². The second-order valence-electron chi connectivity index (χ2n) is 6.25. The minimum atomic E-state index is -0.157. The molecule has 6 nitrogen and oxygen atoms in total. The number of pyridine rings is 1. The van der Waals surface area contributed by atoms with Gasteiger partial charge in [-0.15, -0.1) is 5.10 Å². The SMILES string of the molecule is CC(N)c1cccnc1Oc1ccc2c(nnn2CC2CC2)c1Br. The number of nitrogens with two attached hydrogens (primary N) is 1. The molecule has 3 aromatic rings. The molecule has 1 aliphatic rings. The minimum Gasteiger partial charge on any atom is -0.437 e. The van der Waals surface area contributed by atoms with Gasteiger partial charge in [0.25, 0.3) is 0 Å². The highest BCUT2D eigenvalue weighted by Gasteiger charge is 2.24. The highest BCUT2D eigenvalue weighted by atomic mass is 79.9. The van der Waals surface area contributed by atoms with Crippen molar-refractivity contribution in [3.63, 3.8) is 0 Å². The van der Waals surface area contributed by atoms with Crippen molar-refractivity contribution in [3.05, 3.63) is 40.5 Å². The maximum atomic E-state index is 6.00. The summed E-state index contributed by atoms with van der Waals surface area (Å²) in [5.74, 6) is 1.91. The van der Waals surface area contributed by atoms with Gasteiger partial charge >= 0.3 is 0 Å². The van der Waals surface area contributed by atoms with Crippen molar-refractivity contribution in [3.8, 4) is 11.6 Å². The zero-order valence-corrected chi connectivity index (χ0v) is 14.9. The van der Waals surface area contributed by atoms with E-state index >= 15 is 0 Å². The molecule has 24 heavy (non-hydrogen) atoms. The van der Waals surface area contributed by atoms with Gasteiger partial charge in [0, 0.05) is 24.3 Å². The number of benzene rings is 1. The third-order valence-corrected chi connectivity index (χ3v) is 4.98. The summed E-state index contributed by atoms with van der Waals surface area (Å²) in [5, 5.41) is 8.58. The van der Waals surface area contributed by atoms with Crippen molar-refractivity contribution in [2.45, 2.75) is 32.4 Å². The minimum absolute atomic E-state index is 0.157. The first-order chi connectivity index (χ1) is 11.6. The van der Waals surface area contributed by atoms with Gasteiger partial charge in [0.2, 0.25) is 5.88 Å². The lowest BCUT2D eigenvalue weighted by atomic mass is 10.1. The molecule has 0 aliphatic heterocycles. The normalized spacial score (nSPS) is 15.6. The Bertz CT molecular complexity index is 888. The Balaban J connectivity index is 1.69. The van der Waals surface area contributed by atoms with Crippen molar-refractivity contribution in [2.75, 3.05) is 0 Å². The smallest absolute Gasteiger partial charge is 0.224 e. The molecule has 1 saturated carbocycles. The van der Waals surface area contributed by atoms with Gasteiger partial charge in [-0.1, -0.05) is 11.3 Å². The van der Waals surface area contributed by atoms with Gasteiger partial charge in [0.1, 0.15) is 11.3 Å². The fraction of sp³-hybridized carbons (Fsp3) is 0.353. The molecule has 0 bridgehead atoms. The molecule has 0 saturated heterocycles. The molecule has 7 heteroatoms. The first-order valence-electron chi connectivity index (χ1n) is 8.03. The largest absolute Gasteiger partial charge is 0.437 e. The summed E-state index contributed by atoms with van der Waals surface area (Å²) >= 11 is 3.60. The Morgan fingerprint density at radius 3 is 2.96 bits per heavy atom. The first kappa shape index (κ1) is 15.5. The monoisotopic (exact) mass is 387 g/mol. The van der Waals surface area contributed by atoms with Gasteiger partial charge in [-0.2, -0.15) is 0 Å². The second-order valence-corrected chi connectivity index (χ2v) is 7.04. The number of nitrogens with zero attached hydrogens (tertiary/aromatic N) is 4. The van der Waals surface area contributed by atoms with E-state index in [1.54, 1.807) is 6.20 Å². The number of rotatable bonds is 5. The van der Waals surface area contributed by atoms with Crippen LogP contribution in [0.5, 0.6) is 11.6 Å². The number of aromatic nitrogens is 4. The number of hydrogen-bond donors (Lipinski definition) is 1. The van der Waals surface area contributed by atoms with E-state index in [2.05, 4.69) is 31.2 Å². The predicted octanol–water partition coefficient (Wildman–Crippen LogP) is 3.81. The Labute approximate surface area is 148 Å². The molecular weight excluding hydrogens is 370 g/mol. The summed E-state index contributed by atoms with van der Waals surface area (Å²) in [5.41, 5.74) is 8.66. The quantitative estimate of drug-likeness (QED) is 0.719. The summed E-state index contributed by atoms with van der Waals surface area (Å²) in [6.45, 7) is 2.84. The zero-order chi connectivity index (χ0) is 16.7. The summed E-state index contributed by atoms with van der Waals surface area (Å²) in [6.07, 6.45) is 4.26. The summed E-state index contributed by atoms with van der Waals surface area (Å²) in [7, 11) is 0. The molecule has 0 radical (unpaired) electrons. The molecule has 1 fully saturated rings. The average Bonchev–Trinajstić information content (AvgIpc) is 3.29. The molecule has 1 atom stereocenters. The van der Waals surface area contributed by atoms with Gasteiger partial charge in [-0.05, 0) is 59.8 Å². The van der Waals surface area contributed by atoms with Crippen LogP contribution in [0.15, 0.2) is 34.9 Å². The van der Waals surface area contributed by atoms with Crippen LogP contribution in [0.25, 0.3) is 11.0 Å². The molecule has 1 aliphatic carbocycles. The number of ether oxygens (including phenoxy) is 1. The van der Waals surface area contributed by atoms with Gasteiger partial charge in [-0.25, -0.2) is 9.67 Å². The Kier molecular flexibility index (Phi) is 3.97. The lowest BCUT2D eigenvalue weighted by molar-refractivity contribution is 0.450. The average molecular weight is 388 g/mol. The van der Waals surface area contributed by atoms with E-state index in [9.17, 15) is 0 Å². The summed E-state index contributed by atoms with van der Waals surface area (Å²) in [4.78, 5) is 4.30. The van der Waals surface area contributed by atoms with E-state index in [0.717, 1.165) is 33.5 Å². The van der Waals surface area contributed by atoms with Gasteiger partial charge in [0.15, 0.2) is 0 Å².